The second-order valence-corrected chi connectivity index (χ2v) is 5.60. The van der Waals surface area contributed by atoms with Gasteiger partial charge in [-0.25, -0.2) is 23.5 Å². The van der Waals surface area contributed by atoms with E-state index in [-0.39, 0.29) is 4.90 Å². The van der Waals surface area contributed by atoms with Gasteiger partial charge < -0.3 is 5.32 Å². The zero-order chi connectivity index (χ0) is 13.9. The quantitative estimate of drug-likeness (QED) is 0.871. The summed E-state index contributed by atoms with van der Waals surface area (Å²) in [5.74, 6) is 0. The van der Waals surface area contributed by atoms with Crippen molar-refractivity contribution in [2.24, 2.45) is 5.14 Å². The Hall–Kier alpha value is -1.99. The highest BCUT2D eigenvalue weighted by Crippen LogP contribution is 2.22. The Kier molecular flexibility index (Phi) is 3.77. The van der Waals surface area contributed by atoms with Gasteiger partial charge in [0.05, 0.1) is 4.90 Å². The number of anilines is 1. The molecule has 3 N–H and O–H groups in total. The van der Waals surface area contributed by atoms with Gasteiger partial charge in [-0.05, 0) is 24.6 Å². The molecular weight excluding hydrogens is 264 g/mol. The van der Waals surface area contributed by atoms with E-state index in [0.717, 1.165) is 11.3 Å². The predicted octanol–water partition coefficient (Wildman–Crippen LogP) is 1.04. The van der Waals surface area contributed by atoms with Crippen LogP contribution in [0.15, 0.2) is 41.8 Å². The molecule has 1 aromatic carbocycles. The molecule has 0 saturated carbocycles. The molecule has 0 bridgehead atoms. The van der Waals surface area contributed by atoms with Gasteiger partial charge in [-0.3, -0.25) is 0 Å². The van der Waals surface area contributed by atoms with Crippen LogP contribution in [0.2, 0.25) is 0 Å². The Morgan fingerprint density at radius 3 is 2.58 bits per heavy atom. The molecule has 0 amide bonds. The first-order valence-corrected chi connectivity index (χ1v) is 7.13. The van der Waals surface area contributed by atoms with Crippen molar-refractivity contribution in [3.63, 3.8) is 0 Å². The van der Waals surface area contributed by atoms with Crippen LogP contribution in [0, 0.1) is 6.92 Å². The number of nitrogens with two attached hydrogens (primary N) is 1. The average Bonchev–Trinajstić information content (AvgIpc) is 2.37. The van der Waals surface area contributed by atoms with E-state index in [1.807, 2.05) is 0 Å². The van der Waals surface area contributed by atoms with Crippen molar-refractivity contribution in [2.45, 2.75) is 18.4 Å². The van der Waals surface area contributed by atoms with Crippen molar-refractivity contribution in [3.8, 4) is 0 Å². The number of aromatic nitrogens is 2. The second-order valence-electron chi connectivity index (χ2n) is 4.07. The Labute approximate surface area is 111 Å². The standard InChI is InChI=1S/C12H14N4O2S/c1-9-11(3-2-4-12(9)19(13,17)18)16-7-10-5-14-8-15-6-10/h2-6,8,16H,7H2,1H3,(H2,13,17,18). The summed E-state index contributed by atoms with van der Waals surface area (Å²) in [6.45, 7) is 2.22. The second kappa shape index (κ2) is 5.33. The Balaban J connectivity index is 2.23. The van der Waals surface area contributed by atoms with Crippen molar-refractivity contribution in [1.29, 1.82) is 0 Å². The zero-order valence-corrected chi connectivity index (χ0v) is 11.2. The number of sulfonamides is 1. The summed E-state index contributed by atoms with van der Waals surface area (Å²) < 4.78 is 22.8. The maximum Gasteiger partial charge on any atom is 0.238 e. The van der Waals surface area contributed by atoms with Crippen LogP contribution in [0.4, 0.5) is 5.69 Å². The summed E-state index contributed by atoms with van der Waals surface area (Å²) in [4.78, 5) is 7.95. The van der Waals surface area contributed by atoms with Gasteiger partial charge in [-0.2, -0.15) is 0 Å². The van der Waals surface area contributed by atoms with Crippen molar-refractivity contribution in [1.82, 2.24) is 9.97 Å². The van der Waals surface area contributed by atoms with Crippen LogP contribution in [0.1, 0.15) is 11.1 Å². The van der Waals surface area contributed by atoms with Crippen LogP contribution in [0.5, 0.6) is 0 Å². The van der Waals surface area contributed by atoms with E-state index < -0.39 is 10.0 Å². The SMILES string of the molecule is Cc1c(NCc2cncnc2)cccc1S(N)(=O)=O. The fraction of sp³-hybridized carbons (Fsp3) is 0.167. The van der Waals surface area contributed by atoms with E-state index in [4.69, 9.17) is 5.14 Å². The van der Waals surface area contributed by atoms with Gasteiger partial charge >= 0.3 is 0 Å². The molecule has 19 heavy (non-hydrogen) atoms. The van der Waals surface area contributed by atoms with E-state index >= 15 is 0 Å². The minimum Gasteiger partial charge on any atom is -0.381 e. The van der Waals surface area contributed by atoms with Gasteiger partial charge in [0.15, 0.2) is 0 Å². The molecule has 1 aromatic heterocycles. The molecule has 2 aromatic rings. The predicted molar refractivity (Wildman–Crippen MR) is 71.9 cm³/mol. The molecule has 1 heterocycles. The van der Waals surface area contributed by atoms with Gasteiger partial charge in [0.2, 0.25) is 10.0 Å². The highest BCUT2D eigenvalue weighted by atomic mass is 32.2. The van der Waals surface area contributed by atoms with Crippen molar-refractivity contribution in [3.05, 3.63) is 48.0 Å². The minimum absolute atomic E-state index is 0.127. The highest BCUT2D eigenvalue weighted by molar-refractivity contribution is 7.89. The monoisotopic (exact) mass is 278 g/mol. The summed E-state index contributed by atoms with van der Waals surface area (Å²) >= 11 is 0. The number of hydrogen-bond acceptors (Lipinski definition) is 5. The van der Waals surface area contributed by atoms with Crippen LogP contribution >= 0.6 is 0 Å². The number of primary sulfonamides is 1. The van der Waals surface area contributed by atoms with E-state index in [2.05, 4.69) is 15.3 Å². The Morgan fingerprint density at radius 2 is 1.95 bits per heavy atom. The van der Waals surface area contributed by atoms with Crippen LogP contribution in [-0.4, -0.2) is 18.4 Å². The third-order valence-electron chi connectivity index (χ3n) is 2.69. The van der Waals surface area contributed by atoms with Crippen LogP contribution in [-0.2, 0) is 16.6 Å². The molecule has 0 aliphatic carbocycles. The Bertz CT molecular complexity index is 671. The summed E-state index contributed by atoms with van der Waals surface area (Å²) in [6.07, 6.45) is 4.84. The minimum atomic E-state index is -3.70. The van der Waals surface area contributed by atoms with Gasteiger partial charge in [0, 0.05) is 30.2 Å². The van der Waals surface area contributed by atoms with Gasteiger partial charge in [-0.1, -0.05) is 6.07 Å². The molecule has 2 rings (SSSR count). The van der Waals surface area contributed by atoms with Crippen molar-refractivity contribution >= 4 is 15.7 Å². The Morgan fingerprint density at radius 1 is 1.26 bits per heavy atom. The lowest BCUT2D eigenvalue weighted by Gasteiger charge is -2.11. The fourth-order valence-corrected chi connectivity index (χ4v) is 2.54. The fourth-order valence-electron chi connectivity index (χ4n) is 1.73. The van der Waals surface area contributed by atoms with E-state index in [9.17, 15) is 8.42 Å². The third kappa shape index (κ3) is 3.27. The maximum absolute atomic E-state index is 11.4. The first-order valence-electron chi connectivity index (χ1n) is 5.58. The lowest BCUT2D eigenvalue weighted by molar-refractivity contribution is 0.597. The number of nitrogens with zero attached hydrogens (tertiary/aromatic N) is 2. The largest absolute Gasteiger partial charge is 0.381 e. The summed E-state index contributed by atoms with van der Waals surface area (Å²) in [5.41, 5.74) is 2.22. The summed E-state index contributed by atoms with van der Waals surface area (Å²) in [5, 5.41) is 8.30. The maximum atomic E-state index is 11.4. The van der Waals surface area contributed by atoms with Crippen LogP contribution in [0.3, 0.4) is 0 Å². The third-order valence-corrected chi connectivity index (χ3v) is 3.74. The van der Waals surface area contributed by atoms with Crippen LogP contribution < -0.4 is 10.5 Å². The molecule has 6 nitrogen and oxygen atoms in total. The van der Waals surface area contributed by atoms with Crippen molar-refractivity contribution in [2.75, 3.05) is 5.32 Å². The first-order chi connectivity index (χ1) is 8.98. The molecule has 0 saturated heterocycles. The molecule has 7 heteroatoms. The number of rotatable bonds is 4. The zero-order valence-electron chi connectivity index (χ0n) is 10.4. The lowest BCUT2D eigenvalue weighted by atomic mass is 10.2. The highest BCUT2D eigenvalue weighted by Gasteiger charge is 2.13. The summed E-state index contributed by atoms with van der Waals surface area (Å²) in [6, 6.07) is 4.94. The van der Waals surface area contributed by atoms with Crippen molar-refractivity contribution < 1.29 is 8.42 Å². The molecule has 0 spiro atoms. The van der Waals surface area contributed by atoms with Gasteiger partial charge in [-0.15, -0.1) is 0 Å². The van der Waals surface area contributed by atoms with Crippen LogP contribution in [0.25, 0.3) is 0 Å². The molecule has 0 fully saturated rings. The smallest absolute Gasteiger partial charge is 0.238 e. The lowest BCUT2D eigenvalue weighted by Crippen LogP contribution is -2.14. The number of hydrogen-bond donors (Lipinski definition) is 2. The average molecular weight is 278 g/mol. The molecule has 0 aliphatic heterocycles. The van der Waals surface area contributed by atoms with E-state index in [1.54, 1.807) is 31.5 Å². The molecular formula is C12H14N4O2S. The molecule has 0 aliphatic rings. The van der Waals surface area contributed by atoms with Gasteiger partial charge in [0.1, 0.15) is 6.33 Å². The number of benzene rings is 1. The normalized spacial score (nSPS) is 11.3. The van der Waals surface area contributed by atoms with Gasteiger partial charge in [0.25, 0.3) is 0 Å². The first kappa shape index (κ1) is 13.4. The molecule has 100 valence electrons. The molecule has 0 atom stereocenters. The summed E-state index contributed by atoms with van der Waals surface area (Å²) in [7, 11) is -3.70. The molecule has 0 unspecified atom stereocenters. The molecule has 0 radical (unpaired) electrons. The van der Waals surface area contributed by atoms with E-state index in [1.165, 1.54) is 12.4 Å². The van der Waals surface area contributed by atoms with E-state index in [0.29, 0.717) is 12.1 Å². The number of nitrogens with one attached hydrogen (secondary N) is 1. The topological polar surface area (TPSA) is 98.0 Å².